The van der Waals surface area contributed by atoms with Crippen molar-refractivity contribution in [1.29, 1.82) is 0 Å². The van der Waals surface area contributed by atoms with Gasteiger partial charge in [-0.2, -0.15) is 5.10 Å². The van der Waals surface area contributed by atoms with E-state index in [2.05, 4.69) is 49.2 Å². The number of benzene rings is 1. The third-order valence-electron chi connectivity index (χ3n) is 3.87. The number of H-pyrrole nitrogens is 1. The number of aromatic nitrogens is 2. The zero-order chi connectivity index (χ0) is 13.0. The van der Waals surface area contributed by atoms with Crippen LogP contribution in [0.15, 0.2) is 18.2 Å². The van der Waals surface area contributed by atoms with Crippen molar-refractivity contribution < 1.29 is 0 Å². The van der Waals surface area contributed by atoms with E-state index in [-0.39, 0.29) is 0 Å². The number of hydrogen-bond acceptors (Lipinski definition) is 1. The summed E-state index contributed by atoms with van der Waals surface area (Å²) in [5, 5.41) is 8.93. The van der Waals surface area contributed by atoms with Gasteiger partial charge in [0.25, 0.3) is 0 Å². The Labute approximate surface area is 110 Å². The molecule has 1 unspecified atom stereocenters. The summed E-state index contributed by atoms with van der Waals surface area (Å²) in [6.45, 7) is 6.77. The average molecular weight is 244 g/mol. The largest absolute Gasteiger partial charge is 0.281 e. The number of aryl methyl sites for hydroxylation is 1. The minimum absolute atomic E-state index is 0.632. The van der Waals surface area contributed by atoms with E-state index < -0.39 is 0 Å². The van der Waals surface area contributed by atoms with Crippen LogP contribution in [0.4, 0.5) is 0 Å². The number of aromatic amines is 1. The highest BCUT2D eigenvalue weighted by molar-refractivity contribution is 5.82. The highest BCUT2D eigenvalue weighted by atomic mass is 15.1. The third-order valence-corrected chi connectivity index (χ3v) is 3.87. The molecule has 1 heterocycles. The van der Waals surface area contributed by atoms with E-state index in [0.29, 0.717) is 5.92 Å². The van der Waals surface area contributed by atoms with E-state index >= 15 is 0 Å². The van der Waals surface area contributed by atoms with Crippen LogP contribution < -0.4 is 0 Å². The van der Waals surface area contributed by atoms with Gasteiger partial charge >= 0.3 is 0 Å². The first-order valence-electron chi connectivity index (χ1n) is 7.23. The van der Waals surface area contributed by atoms with Gasteiger partial charge in [0.15, 0.2) is 0 Å². The molecule has 0 spiro atoms. The first-order chi connectivity index (χ1) is 8.76. The van der Waals surface area contributed by atoms with Crippen LogP contribution in [0.2, 0.25) is 0 Å². The molecule has 0 aliphatic heterocycles. The van der Waals surface area contributed by atoms with E-state index in [9.17, 15) is 0 Å². The molecule has 0 saturated heterocycles. The van der Waals surface area contributed by atoms with Gasteiger partial charge in [0.05, 0.1) is 5.52 Å². The van der Waals surface area contributed by atoms with Gasteiger partial charge in [0, 0.05) is 11.1 Å². The van der Waals surface area contributed by atoms with E-state index in [1.807, 2.05) is 0 Å². The summed E-state index contributed by atoms with van der Waals surface area (Å²) in [6.07, 6.45) is 6.12. The fraction of sp³-hybridized carbons (Fsp3) is 0.562. The Morgan fingerprint density at radius 2 is 2.06 bits per heavy atom. The number of hydrogen-bond donors (Lipinski definition) is 1. The number of nitrogens with zero attached hydrogens (tertiary/aromatic N) is 1. The van der Waals surface area contributed by atoms with Gasteiger partial charge < -0.3 is 0 Å². The predicted octanol–water partition coefficient (Wildman–Crippen LogP) is 4.81. The van der Waals surface area contributed by atoms with Crippen LogP contribution in [0.3, 0.4) is 0 Å². The summed E-state index contributed by atoms with van der Waals surface area (Å²) < 4.78 is 0. The van der Waals surface area contributed by atoms with Crippen molar-refractivity contribution in [2.45, 2.75) is 58.8 Å². The fourth-order valence-corrected chi connectivity index (χ4v) is 2.37. The molecule has 0 fully saturated rings. The first kappa shape index (κ1) is 13.1. The van der Waals surface area contributed by atoms with Crippen LogP contribution in [0, 0.1) is 0 Å². The maximum absolute atomic E-state index is 4.40. The topological polar surface area (TPSA) is 28.7 Å². The number of unbranched alkanes of at least 4 members (excludes halogenated alkanes) is 2. The SMILES string of the molecule is CCCCCc1[nH]nc2ccc(C(C)CC)cc12. The predicted molar refractivity (Wildman–Crippen MR) is 78.0 cm³/mol. The molecule has 98 valence electrons. The van der Waals surface area contributed by atoms with Crippen LogP contribution in [0.1, 0.15) is 63.6 Å². The molecule has 2 heteroatoms. The van der Waals surface area contributed by atoms with Crippen molar-refractivity contribution in [3.63, 3.8) is 0 Å². The van der Waals surface area contributed by atoms with Gasteiger partial charge in [-0.15, -0.1) is 0 Å². The monoisotopic (exact) mass is 244 g/mol. The van der Waals surface area contributed by atoms with Crippen LogP contribution in [0.25, 0.3) is 10.9 Å². The molecule has 0 saturated carbocycles. The quantitative estimate of drug-likeness (QED) is 0.726. The fourth-order valence-electron chi connectivity index (χ4n) is 2.37. The van der Waals surface area contributed by atoms with Gasteiger partial charge in [0.1, 0.15) is 0 Å². The summed E-state index contributed by atoms with van der Waals surface area (Å²) in [5.74, 6) is 0.632. The lowest BCUT2D eigenvalue weighted by molar-refractivity contribution is 0.707. The van der Waals surface area contributed by atoms with E-state index in [0.717, 1.165) is 11.9 Å². The van der Waals surface area contributed by atoms with Gasteiger partial charge in [0.2, 0.25) is 0 Å². The molecule has 0 amide bonds. The van der Waals surface area contributed by atoms with Crippen molar-refractivity contribution in [3.05, 3.63) is 29.5 Å². The molecular weight excluding hydrogens is 220 g/mol. The van der Waals surface area contributed by atoms with Crippen molar-refractivity contribution in [2.24, 2.45) is 0 Å². The Balaban J connectivity index is 2.25. The minimum atomic E-state index is 0.632. The van der Waals surface area contributed by atoms with Gasteiger partial charge in [-0.25, -0.2) is 0 Å². The van der Waals surface area contributed by atoms with Gasteiger partial charge in [-0.05, 0) is 42.9 Å². The van der Waals surface area contributed by atoms with Crippen LogP contribution in [-0.4, -0.2) is 10.2 Å². The Morgan fingerprint density at radius 1 is 1.22 bits per heavy atom. The van der Waals surface area contributed by atoms with Crippen LogP contribution in [-0.2, 0) is 6.42 Å². The Morgan fingerprint density at radius 3 is 2.78 bits per heavy atom. The molecule has 2 rings (SSSR count). The van der Waals surface area contributed by atoms with E-state index in [4.69, 9.17) is 0 Å². The second kappa shape index (κ2) is 6.03. The van der Waals surface area contributed by atoms with Crippen molar-refractivity contribution in [1.82, 2.24) is 10.2 Å². The van der Waals surface area contributed by atoms with E-state index in [1.165, 1.54) is 42.3 Å². The summed E-state index contributed by atoms with van der Waals surface area (Å²) in [5.41, 5.74) is 3.85. The maximum atomic E-state index is 4.40. The standard InChI is InChI=1S/C16H24N2/c1-4-6-7-8-15-14-11-13(12(3)5-2)9-10-16(14)18-17-15/h9-12H,4-8H2,1-3H3,(H,17,18). The first-order valence-corrected chi connectivity index (χ1v) is 7.23. The lowest BCUT2D eigenvalue weighted by atomic mass is 9.96. The smallest absolute Gasteiger partial charge is 0.0923 e. The van der Waals surface area contributed by atoms with Crippen LogP contribution in [0.5, 0.6) is 0 Å². The average Bonchev–Trinajstić information content (AvgIpc) is 2.81. The highest BCUT2D eigenvalue weighted by Gasteiger charge is 2.08. The molecule has 0 radical (unpaired) electrons. The Bertz CT molecular complexity index is 499. The molecule has 1 atom stereocenters. The summed E-state index contributed by atoms with van der Waals surface area (Å²) >= 11 is 0. The Hall–Kier alpha value is -1.31. The van der Waals surface area contributed by atoms with Crippen molar-refractivity contribution >= 4 is 10.9 Å². The summed E-state index contributed by atoms with van der Waals surface area (Å²) in [4.78, 5) is 0. The van der Waals surface area contributed by atoms with E-state index in [1.54, 1.807) is 0 Å². The number of fused-ring (bicyclic) bond motifs is 1. The van der Waals surface area contributed by atoms with Gasteiger partial charge in [-0.1, -0.05) is 39.7 Å². The van der Waals surface area contributed by atoms with Gasteiger partial charge in [-0.3, -0.25) is 5.10 Å². The molecule has 1 aromatic carbocycles. The molecule has 2 aromatic rings. The highest BCUT2D eigenvalue weighted by Crippen LogP contribution is 2.25. The zero-order valence-corrected chi connectivity index (χ0v) is 11.8. The van der Waals surface area contributed by atoms with Crippen molar-refractivity contribution in [3.8, 4) is 0 Å². The lowest BCUT2D eigenvalue weighted by Gasteiger charge is -2.08. The summed E-state index contributed by atoms with van der Waals surface area (Å²) in [6, 6.07) is 6.69. The molecule has 0 aliphatic carbocycles. The number of rotatable bonds is 6. The lowest BCUT2D eigenvalue weighted by Crippen LogP contribution is -1.91. The number of nitrogens with one attached hydrogen (secondary N) is 1. The molecule has 18 heavy (non-hydrogen) atoms. The second-order valence-electron chi connectivity index (χ2n) is 5.25. The molecule has 2 nitrogen and oxygen atoms in total. The third kappa shape index (κ3) is 2.74. The molecular formula is C16H24N2. The molecule has 1 N–H and O–H groups in total. The zero-order valence-electron chi connectivity index (χ0n) is 11.8. The minimum Gasteiger partial charge on any atom is -0.281 e. The maximum Gasteiger partial charge on any atom is 0.0923 e. The van der Waals surface area contributed by atoms with Crippen molar-refractivity contribution in [2.75, 3.05) is 0 Å². The molecule has 1 aromatic heterocycles. The summed E-state index contributed by atoms with van der Waals surface area (Å²) in [7, 11) is 0. The van der Waals surface area contributed by atoms with Crippen LogP contribution >= 0.6 is 0 Å². The molecule has 0 aliphatic rings. The second-order valence-corrected chi connectivity index (χ2v) is 5.25. The normalized spacial score (nSPS) is 13.1. The Kier molecular flexibility index (Phi) is 4.40. The molecule has 0 bridgehead atoms.